The largest absolute Gasteiger partial charge is 0.301 e. The van der Waals surface area contributed by atoms with Gasteiger partial charge in [0.15, 0.2) is 5.13 Å². The lowest BCUT2D eigenvalue weighted by molar-refractivity contribution is -0.117. The normalized spacial score (nSPS) is 16.9. The zero-order valence-corrected chi connectivity index (χ0v) is 18.7. The fourth-order valence-corrected chi connectivity index (χ4v) is 4.86. The zero-order chi connectivity index (χ0) is 21.8. The van der Waals surface area contributed by atoms with Crippen molar-refractivity contribution in [1.29, 1.82) is 0 Å². The first-order chi connectivity index (χ1) is 14.9. The van der Waals surface area contributed by atoms with Crippen molar-refractivity contribution in [3.8, 4) is 0 Å². The van der Waals surface area contributed by atoms with Crippen molar-refractivity contribution >= 4 is 22.4 Å². The van der Waals surface area contributed by atoms with E-state index < -0.39 is 0 Å². The molecule has 4 rings (SSSR count). The number of piperidine rings is 1. The number of pyridine rings is 1. The van der Waals surface area contributed by atoms with Crippen molar-refractivity contribution in [1.82, 2.24) is 14.9 Å². The Morgan fingerprint density at radius 1 is 1.26 bits per heavy atom. The highest BCUT2D eigenvalue weighted by Gasteiger charge is 2.24. The average Bonchev–Trinajstić information content (AvgIpc) is 3.12. The quantitative estimate of drug-likeness (QED) is 0.606. The van der Waals surface area contributed by atoms with Gasteiger partial charge >= 0.3 is 0 Å². The van der Waals surface area contributed by atoms with Crippen LogP contribution in [0.15, 0.2) is 42.6 Å². The van der Waals surface area contributed by atoms with Crippen LogP contribution in [0.5, 0.6) is 0 Å². The Morgan fingerprint density at radius 3 is 2.90 bits per heavy atom. The molecule has 1 saturated heterocycles. The van der Waals surface area contributed by atoms with Gasteiger partial charge in [-0.1, -0.05) is 12.1 Å². The molecule has 1 N–H and O–H groups in total. The van der Waals surface area contributed by atoms with Crippen molar-refractivity contribution in [3.63, 3.8) is 0 Å². The standard InChI is InChI=1S/C24H27FN4OS/c1-16-9-19(10-18-5-3-7-21(25)11-18)12-22(27-16)20-6-4-8-29(14-20)15-23(30)28-24-26-13-17(2)31-24/h3,5,7,9,11-13,20H,4,6,8,10,14-15H2,1-2H3,(H,26,28,30)/t20-/m1/s1. The summed E-state index contributed by atoms with van der Waals surface area (Å²) in [7, 11) is 0. The van der Waals surface area contributed by atoms with Gasteiger partial charge in [0.05, 0.1) is 6.54 Å². The lowest BCUT2D eigenvalue weighted by Gasteiger charge is -2.32. The molecule has 5 nitrogen and oxygen atoms in total. The van der Waals surface area contributed by atoms with Crippen molar-refractivity contribution < 1.29 is 9.18 Å². The smallest absolute Gasteiger partial charge is 0.240 e. The number of aryl methyl sites for hydroxylation is 2. The molecule has 1 amide bonds. The van der Waals surface area contributed by atoms with Crippen LogP contribution in [-0.4, -0.2) is 40.4 Å². The number of thiazole rings is 1. The van der Waals surface area contributed by atoms with Crippen LogP contribution in [0.25, 0.3) is 0 Å². The third-order valence-electron chi connectivity index (χ3n) is 5.49. The second-order valence-corrected chi connectivity index (χ2v) is 9.48. The monoisotopic (exact) mass is 438 g/mol. The summed E-state index contributed by atoms with van der Waals surface area (Å²) in [5.41, 5.74) is 4.13. The zero-order valence-electron chi connectivity index (χ0n) is 17.9. The van der Waals surface area contributed by atoms with Crippen LogP contribution in [-0.2, 0) is 11.2 Å². The molecule has 0 spiro atoms. The fraction of sp³-hybridized carbons (Fsp3) is 0.375. The van der Waals surface area contributed by atoms with Crippen LogP contribution >= 0.6 is 11.3 Å². The Labute approximate surface area is 186 Å². The first-order valence-corrected chi connectivity index (χ1v) is 11.4. The molecule has 1 fully saturated rings. The van der Waals surface area contributed by atoms with Gasteiger partial charge in [-0.25, -0.2) is 9.37 Å². The van der Waals surface area contributed by atoms with Crippen molar-refractivity contribution in [2.45, 2.75) is 39.0 Å². The van der Waals surface area contributed by atoms with Crippen molar-refractivity contribution in [3.05, 3.63) is 75.8 Å². The molecule has 1 aliphatic rings. The topological polar surface area (TPSA) is 58.1 Å². The number of hydrogen-bond donors (Lipinski definition) is 1. The molecule has 2 aromatic heterocycles. The van der Waals surface area contributed by atoms with Gasteiger partial charge < -0.3 is 5.32 Å². The Hall–Kier alpha value is -2.64. The molecule has 3 aromatic rings. The van der Waals surface area contributed by atoms with E-state index in [1.165, 1.54) is 17.4 Å². The lowest BCUT2D eigenvalue weighted by atomic mass is 9.92. The van der Waals surface area contributed by atoms with Crippen LogP contribution in [0, 0.1) is 19.7 Å². The van der Waals surface area contributed by atoms with E-state index in [-0.39, 0.29) is 17.6 Å². The lowest BCUT2D eigenvalue weighted by Crippen LogP contribution is -2.40. The maximum atomic E-state index is 13.6. The molecule has 1 atom stereocenters. The predicted octanol–water partition coefficient (Wildman–Crippen LogP) is 4.70. The first kappa shape index (κ1) is 21.6. The molecular weight excluding hydrogens is 411 g/mol. The summed E-state index contributed by atoms with van der Waals surface area (Å²) >= 11 is 1.49. The number of carbonyl (C=O) groups is 1. The molecule has 0 bridgehead atoms. The average molecular weight is 439 g/mol. The number of aromatic nitrogens is 2. The first-order valence-electron chi connectivity index (χ1n) is 10.6. The van der Waals surface area contributed by atoms with Crippen molar-refractivity contribution in [2.75, 3.05) is 25.0 Å². The Balaban J connectivity index is 1.41. The number of hydrogen-bond acceptors (Lipinski definition) is 5. The number of likely N-dealkylation sites (tertiary alicyclic amines) is 1. The molecule has 162 valence electrons. The molecule has 3 heterocycles. The molecule has 0 unspecified atom stereocenters. The fourth-order valence-electron chi connectivity index (χ4n) is 4.18. The number of carbonyl (C=O) groups excluding carboxylic acids is 1. The van der Waals surface area contributed by atoms with Gasteiger partial charge in [0, 0.05) is 34.9 Å². The van der Waals surface area contributed by atoms with Gasteiger partial charge in [0.1, 0.15) is 5.82 Å². The summed E-state index contributed by atoms with van der Waals surface area (Å²) in [5.74, 6) is 0.0476. The summed E-state index contributed by atoms with van der Waals surface area (Å²) in [4.78, 5) is 24.7. The molecule has 0 saturated carbocycles. The number of anilines is 1. The summed E-state index contributed by atoms with van der Waals surface area (Å²) in [6, 6.07) is 11.0. The van der Waals surface area contributed by atoms with Crippen LogP contribution in [0.3, 0.4) is 0 Å². The minimum atomic E-state index is -0.211. The summed E-state index contributed by atoms with van der Waals surface area (Å²) in [5, 5.41) is 3.55. The second-order valence-electron chi connectivity index (χ2n) is 8.25. The third-order valence-corrected chi connectivity index (χ3v) is 6.32. The number of amides is 1. The molecule has 7 heteroatoms. The molecule has 31 heavy (non-hydrogen) atoms. The molecular formula is C24H27FN4OS. The maximum Gasteiger partial charge on any atom is 0.240 e. The van der Waals surface area contributed by atoms with Gasteiger partial charge in [0.25, 0.3) is 0 Å². The van der Waals surface area contributed by atoms with E-state index in [1.807, 2.05) is 19.9 Å². The highest BCUT2D eigenvalue weighted by atomic mass is 32.1. The molecule has 0 aliphatic carbocycles. The Morgan fingerprint density at radius 2 is 2.13 bits per heavy atom. The van der Waals surface area contributed by atoms with Crippen LogP contribution in [0.4, 0.5) is 9.52 Å². The number of rotatable bonds is 6. The number of halogens is 1. The second kappa shape index (κ2) is 9.66. The maximum absolute atomic E-state index is 13.6. The van der Waals surface area contributed by atoms with E-state index in [9.17, 15) is 9.18 Å². The van der Waals surface area contributed by atoms with Crippen LogP contribution in [0.2, 0.25) is 0 Å². The third kappa shape index (κ3) is 5.95. The summed E-state index contributed by atoms with van der Waals surface area (Å²) in [6.07, 6.45) is 4.53. The van der Waals surface area contributed by atoms with E-state index in [0.29, 0.717) is 18.1 Å². The summed E-state index contributed by atoms with van der Waals surface area (Å²) in [6.45, 7) is 6.04. The molecule has 1 aliphatic heterocycles. The van der Waals surface area contributed by atoms with E-state index in [4.69, 9.17) is 4.98 Å². The highest BCUT2D eigenvalue weighted by molar-refractivity contribution is 7.15. The van der Waals surface area contributed by atoms with Gasteiger partial charge in [0.2, 0.25) is 5.91 Å². The number of nitrogens with zero attached hydrogens (tertiary/aromatic N) is 3. The van der Waals surface area contributed by atoms with Gasteiger partial charge in [-0.3, -0.25) is 14.7 Å². The minimum Gasteiger partial charge on any atom is -0.301 e. The predicted molar refractivity (Wildman–Crippen MR) is 122 cm³/mol. The molecule has 1 aromatic carbocycles. The van der Waals surface area contributed by atoms with E-state index >= 15 is 0 Å². The molecule has 0 radical (unpaired) electrons. The minimum absolute atomic E-state index is 0.0287. The van der Waals surface area contributed by atoms with E-state index in [2.05, 4.69) is 27.3 Å². The van der Waals surface area contributed by atoms with E-state index in [1.54, 1.807) is 18.3 Å². The van der Waals surface area contributed by atoms with Crippen LogP contribution in [0.1, 0.15) is 46.2 Å². The Kier molecular flexibility index (Phi) is 6.73. The summed E-state index contributed by atoms with van der Waals surface area (Å²) < 4.78 is 13.6. The number of benzene rings is 1. The van der Waals surface area contributed by atoms with Gasteiger partial charge in [-0.15, -0.1) is 11.3 Å². The highest BCUT2D eigenvalue weighted by Crippen LogP contribution is 2.27. The number of nitrogens with one attached hydrogen (secondary N) is 1. The van der Waals surface area contributed by atoms with E-state index in [0.717, 1.165) is 53.3 Å². The SMILES string of the molecule is Cc1cc(Cc2cccc(F)c2)cc([C@@H]2CCCN(CC(=O)Nc3ncc(C)s3)C2)n1. The van der Waals surface area contributed by atoms with Crippen molar-refractivity contribution in [2.24, 2.45) is 0 Å². The van der Waals surface area contributed by atoms with Crippen LogP contribution < -0.4 is 5.32 Å². The Bertz CT molecular complexity index is 1070. The van der Waals surface area contributed by atoms with Gasteiger partial charge in [-0.05, 0) is 75.0 Å². The van der Waals surface area contributed by atoms with Gasteiger partial charge in [-0.2, -0.15) is 0 Å².